The Morgan fingerprint density at radius 1 is 1.04 bits per heavy atom. The molecule has 1 aliphatic heterocycles. The number of nitrogens with zero attached hydrogens (tertiary/aromatic N) is 4. The Morgan fingerprint density at radius 3 is 2.57 bits per heavy atom. The first-order chi connectivity index (χ1) is 13.7. The normalized spacial score (nSPS) is 16.2. The number of piperazine rings is 1. The van der Waals surface area contributed by atoms with Crippen LogP contribution in [0.25, 0.3) is 11.5 Å². The molecule has 0 unspecified atom stereocenters. The van der Waals surface area contributed by atoms with Crippen LogP contribution in [0, 0.1) is 0 Å². The average Bonchev–Trinajstić information content (AvgIpc) is 3.24. The number of methoxy groups -OCH3 is 1. The number of aromatic nitrogens is 2. The van der Waals surface area contributed by atoms with Crippen molar-refractivity contribution in [2.24, 2.45) is 0 Å². The summed E-state index contributed by atoms with van der Waals surface area (Å²) in [6.07, 6.45) is 0. The van der Waals surface area contributed by atoms with Crippen molar-refractivity contribution >= 4 is 17.3 Å². The summed E-state index contributed by atoms with van der Waals surface area (Å²) in [5, 5.41) is 9.12. The number of hydrogen-bond acceptors (Lipinski definition) is 6. The fraction of sp³-hybridized carbons (Fsp3) is 0.333. The van der Waals surface area contributed by atoms with Crippen molar-refractivity contribution in [1.29, 1.82) is 0 Å². The van der Waals surface area contributed by atoms with Gasteiger partial charge in [-0.2, -0.15) is 0 Å². The summed E-state index contributed by atoms with van der Waals surface area (Å²) >= 11 is 6.06. The number of anilines is 1. The number of halogens is 1. The zero-order chi connectivity index (χ0) is 19.5. The highest BCUT2D eigenvalue weighted by Crippen LogP contribution is 2.30. The minimum Gasteiger partial charge on any atom is -0.495 e. The second kappa shape index (κ2) is 8.20. The Bertz CT molecular complexity index is 937. The molecule has 1 atom stereocenters. The van der Waals surface area contributed by atoms with Gasteiger partial charge in [0.2, 0.25) is 11.8 Å². The van der Waals surface area contributed by atoms with Gasteiger partial charge in [0.1, 0.15) is 5.75 Å². The van der Waals surface area contributed by atoms with E-state index in [2.05, 4.69) is 33.0 Å². The van der Waals surface area contributed by atoms with Crippen molar-refractivity contribution in [1.82, 2.24) is 15.1 Å². The van der Waals surface area contributed by atoms with Crippen LogP contribution in [0.4, 0.5) is 5.69 Å². The maximum atomic E-state index is 6.06. The third-order valence-corrected chi connectivity index (χ3v) is 5.39. The first-order valence-corrected chi connectivity index (χ1v) is 9.75. The lowest BCUT2D eigenvalue weighted by molar-refractivity contribution is 0.173. The molecule has 0 radical (unpaired) electrons. The van der Waals surface area contributed by atoms with Gasteiger partial charge in [0, 0.05) is 36.8 Å². The molecule has 2 aromatic carbocycles. The maximum absolute atomic E-state index is 6.06. The van der Waals surface area contributed by atoms with Crippen LogP contribution in [-0.2, 0) is 0 Å². The smallest absolute Gasteiger partial charge is 0.247 e. The van der Waals surface area contributed by atoms with Gasteiger partial charge >= 0.3 is 0 Å². The lowest BCUT2D eigenvalue weighted by atomic mass is 10.2. The van der Waals surface area contributed by atoms with E-state index in [0.717, 1.165) is 43.2 Å². The van der Waals surface area contributed by atoms with Crippen molar-refractivity contribution in [3.8, 4) is 17.2 Å². The van der Waals surface area contributed by atoms with E-state index in [1.54, 1.807) is 7.11 Å². The molecular weight excluding hydrogens is 376 g/mol. The summed E-state index contributed by atoms with van der Waals surface area (Å²) in [7, 11) is 1.71. The quantitative estimate of drug-likeness (QED) is 0.639. The molecule has 2 heterocycles. The molecule has 1 aliphatic rings. The van der Waals surface area contributed by atoms with E-state index in [4.69, 9.17) is 20.8 Å². The van der Waals surface area contributed by atoms with Gasteiger partial charge in [0.25, 0.3) is 0 Å². The predicted octanol–water partition coefficient (Wildman–Crippen LogP) is 4.28. The molecule has 146 valence electrons. The summed E-state index contributed by atoms with van der Waals surface area (Å²) in [6.45, 7) is 5.76. The van der Waals surface area contributed by atoms with Crippen molar-refractivity contribution in [3.05, 3.63) is 59.4 Å². The maximum Gasteiger partial charge on any atom is 0.247 e. The molecule has 0 spiro atoms. The Labute approximate surface area is 169 Å². The van der Waals surface area contributed by atoms with Crippen molar-refractivity contribution in [2.75, 3.05) is 38.2 Å². The predicted molar refractivity (Wildman–Crippen MR) is 110 cm³/mol. The van der Waals surface area contributed by atoms with E-state index in [1.807, 2.05) is 42.5 Å². The fourth-order valence-electron chi connectivity index (χ4n) is 3.54. The van der Waals surface area contributed by atoms with Crippen LogP contribution < -0.4 is 9.64 Å². The molecule has 0 amide bonds. The molecule has 7 heteroatoms. The number of hydrogen-bond donors (Lipinski definition) is 0. The van der Waals surface area contributed by atoms with Crippen LogP contribution in [0.1, 0.15) is 18.9 Å². The lowest BCUT2D eigenvalue weighted by Gasteiger charge is -2.38. The molecule has 1 fully saturated rings. The van der Waals surface area contributed by atoms with Crippen LogP contribution >= 0.6 is 11.6 Å². The van der Waals surface area contributed by atoms with E-state index in [1.165, 1.54) is 0 Å². The first-order valence-electron chi connectivity index (χ1n) is 9.37. The van der Waals surface area contributed by atoms with Gasteiger partial charge in [-0.15, -0.1) is 10.2 Å². The standard InChI is InChI=1S/C21H23ClN4O2/c1-15(20-23-24-21(28-20)16-6-5-7-17(22)14-16)25-10-12-26(13-11-25)18-8-3-4-9-19(18)27-2/h3-9,14-15H,10-13H2,1-2H3/t15-/m1/s1. The molecule has 1 saturated heterocycles. The number of para-hydroxylation sites is 2. The van der Waals surface area contributed by atoms with E-state index in [9.17, 15) is 0 Å². The zero-order valence-corrected chi connectivity index (χ0v) is 16.8. The molecule has 0 bridgehead atoms. The molecule has 4 rings (SSSR count). The van der Waals surface area contributed by atoms with Gasteiger partial charge in [0.15, 0.2) is 0 Å². The average molecular weight is 399 g/mol. The largest absolute Gasteiger partial charge is 0.495 e. The molecule has 0 aliphatic carbocycles. The van der Waals surface area contributed by atoms with Crippen LogP contribution in [-0.4, -0.2) is 48.4 Å². The Kier molecular flexibility index (Phi) is 5.50. The zero-order valence-electron chi connectivity index (χ0n) is 16.0. The Hall–Kier alpha value is -2.57. The second-order valence-corrected chi connectivity index (χ2v) is 7.26. The van der Waals surface area contributed by atoms with Crippen molar-refractivity contribution in [3.63, 3.8) is 0 Å². The summed E-state index contributed by atoms with van der Waals surface area (Å²) in [4.78, 5) is 4.72. The number of ether oxygens (including phenoxy) is 1. The van der Waals surface area contributed by atoms with E-state index < -0.39 is 0 Å². The molecule has 1 aromatic heterocycles. The summed E-state index contributed by atoms with van der Waals surface area (Å²) in [5.74, 6) is 2.03. The highest BCUT2D eigenvalue weighted by atomic mass is 35.5. The van der Waals surface area contributed by atoms with Gasteiger partial charge in [-0.05, 0) is 37.3 Å². The van der Waals surface area contributed by atoms with Crippen LogP contribution in [0.5, 0.6) is 5.75 Å². The highest BCUT2D eigenvalue weighted by Gasteiger charge is 2.26. The minimum absolute atomic E-state index is 0.0558. The molecular formula is C21H23ClN4O2. The van der Waals surface area contributed by atoms with Crippen molar-refractivity contribution < 1.29 is 9.15 Å². The van der Waals surface area contributed by atoms with Gasteiger partial charge in [-0.1, -0.05) is 29.8 Å². The minimum atomic E-state index is 0.0558. The third-order valence-electron chi connectivity index (χ3n) is 5.16. The molecule has 0 N–H and O–H groups in total. The summed E-state index contributed by atoms with van der Waals surface area (Å²) in [6, 6.07) is 15.6. The van der Waals surface area contributed by atoms with Crippen LogP contribution in [0.2, 0.25) is 5.02 Å². The molecule has 28 heavy (non-hydrogen) atoms. The topological polar surface area (TPSA) is 54.6 Å². The van der Waals surface area contributed by atoms with Gasteiger partial charge in [-0.3, -0.25) is 4.90 Å². The van der Waals surface area contributed by atoms with Gasteiger partial charge in [0.05, 0.1) is 18.8 Å². The van der Waals surface area contributed by atoms with Gasteiger partial charge < -0.3 is 14.1 Å². The van der Waals surface area contributed by atoms with Crippen molar-refractivity contribution in [2.45, 2.75) is 13.0 Å². The Morgan fingerprint density at radius 2 is 1.82 bits per heavy atom. The first kappa shape index (κ1) is 18.8. The Balaban J connectivity index is 1.42. The monoisotopic (exact) mass is 398 g/mol. The number of benzene rings is 2. The second-order valence-electron chi connectivity index (χ2n) is 6.83. The van der Waals surface area contributed by atoms with Crippen LogP contribution in [0.3, 0.4) is 0 Å². The third kappa shape index (κ3) is 3.84. The lowest BCUT2D eigenvalue weighted by Crippen LogP contribution is -2.47. The molecule has 0 saturated carbocycles. The SMILES string of the molecule is COc1ccccc1N1CCN([C@H](C)c2nnc(-c3cccc(Cl)c3)o2)CC1. The van der Waals surface area contributed by atoms with E-state index in [0.29, 0.717) is 16.8 Å². The van der Waals surface area contributed by atoms with E-state index in [-0.39, 0.29) is 6.04 Å². The number of rotatable bonds is 5. The van der Waals surface area contributed by atoms with E-state index >= 15 is 0 Å². The highest BCUT2D eigenvalue weighted by molar-refractivity contribution is 6.30. The summed E-state index contributed by atoms with van der Waals surface area (Å²) in [5.41, 5.74) is 1.97. The summed E-state index contributed by atoms with van der Waals surface area (Å²) < 4.78 is 11.4. The fourth-order valence-corrected chi connectivity index (χ4v) is 3.73. The van der Waals surface area contributed by atoms with Gasteiger partial charge in [-0.25, -0.2) is 0 Å². The molecule has 6 nitrogen and oxygen atoms in total. The molecule has 3 aromatic rings. The van der Waals surface area contributed by atoms with Crippen LogP contribution in [0.15, 0.2) is 52.9 Å².